The van der Waals surface area contributed by atoms with Crippen LogP contribution < -0.4 is 10.6 Å². The molecule has 0 fully saturated rings. The van der Waals surface area contributed by atoms with Crippen molar-refractivity contribution in [3.05, 3.63) is 65.2 Å². The van der Waals surface area contributed by atoms with Crippen molar-refractivity contribution >= 4 is 11.6 Å². The number of nitrogens with one attached hydrogen (secondary N) is 2. The molecule has 1 aliphatic carbocycles. The first kappa shape index (κ1) is 15.8. The summed E-state index contributed by atoms with van der Waals surface area (Å²) in [6.07, 6.45) is 3.09. The monoisotopic (exact) mass is 308 g/mol. The fourth-order valence-corrected chi connectivity index (χ4v) is 3.28. The van der Waals surface area contributed by atoms with Crippen LogP contribution in [0.4, 0.5) is 5.69 Å². The zero-order valence-electron chi connectivity index (χ0n) is 13.6. The molecule has 0 saturated heterocycles. The summed E-state index contributed by atoms with van der Waals surface area (Å²) in [6.45, 7) is 3.86. The Bertz CT molecular complexity index is 681. The second kappa shape index (κ2) is 7.42. The normalized spacial score (nSPS) is 16.7. The van der Waals surface area contributed by atoms with Crippen molar-refractivity contribution < 1.29 is 4.79 Å². The van der Waals surface area contributed by atoms with Crippen LogP contribution >= 0.6 is 0 Å². The Morgan fingerprint density at radius 3 is 2.91 bits per heavy atom. The lowest BCUT2D eigenvalue weighted by atomic mass is 9.82. The van der Waals surface area contributed by atoms with Crippen LogP contribution in [0.2, 0.25) is 0 Å². The first-order chi connectivity index (χ1) is 11.3. The Morgan fingerprint density at radius 2 is 2.04 bits per heavy atom. The molecule has 2 aromatic carbocycles. The third-order valence-corrected chi connectivity index (χ3v) is 4.46. The number of benzene rings is 2. The number of amides is 1. The minimum atomic E-state index is -0.0302. The van der Waals surface area contributed by atoms with E-state index in [1.165, 1.54) is 16.7 Å². The van der Waals surface area contributed by atoms with Crippen LogP contribution in [0.5, 0.6) is 0 Å². The minimum Gasteiger partial charge on any atom is -0.326 e. The van der Waals surface area contributed by atoms with E-state index in [0.717, 1.165) is 38.0 Å². The molecule has 23 heavy (non-hydrogen) atoms. The maximum absolute atomic E-state index is 12.7. The van der Waals surface area contributed by atoms with E-state index in [2.05, 4.69) is 47.9 Å². The highest BCUT2D eigenvalue weighted by atomic mass is 16.1. The Morgan fingerprint density at radius 1 is 1.17 bits per heavy atom. The number of carbonyl (C=O) groups excluding carboxylic acids is 1. The molecule has 1 unspecified atom stereocenters. The van der Waals surface area contributed by atoms with Crippen LogP contribution in [0.25, 0.3) is 0 Å². The number of rotatable bonds is 5. The molecule has 3 nitrogen and oxygen atoms in total. The second-order valence-electron chi connectivity index (χ2n) is 6.11. The number of anilines is 1. The fourth-order valence-electron chi connectivity index (χ4n) is 3.28. The first-order valence-corrected chi connectivity index (χ1v) is 8.46. The number of fused-ring (bicyclic) bond motifs is 1. The molecule has 0 radical (unpaired) electrons. The van der Waals surface area contributed by atoms with Gasteiger partial charge in [0.25, 0.3) is 0 Å². The number of hydrogen-bond acceptors (Lipinski definition) is 2. The van der Waals surface area contributed by atoms with Gasteiger partial charge >= 0.3 is 0 Å². The predicted octanol–water partition coefficient (Wildman–Crippen LogP) is 3.85. The molecule has 3 heteroatoms. The molecule has 120 valence electrons. The van der Waals surface area contributed by atoms with Crippen molar-refractivity contribution in [2.75, 3.05) is 11.9 Å². The highest BCUT2D eigenvalue weighted by molar-refractivity contribution is 5.96. The van der Waals surface area contributed by atoms with Gasteiger partial charge in [-0.1, -0.05) is 43.3 Å². The van der Waals surface area contributed by atoms with Gasteiger partial charge in [-0.2, -0.15) is 0 Å². The van der Waals surface area contributed by atoms with Gasteiger partial charge in [-0.3, -0.25) is 4.79 Å². The van der Waals surface area contributed by atoms with Crippen molar-refractivity contribution in [3.63, 3.8) is 0 Å². The first-order valence-electron chi connectivity index (χ1n) is 8.46. The average molecular weight is 308 g/mol. The summed E-state index contributed by atoms with van der Waals surface area (Å²) in [5.74, 6) is 0.0788. The van der Waals surface area contributed by atoms with E-state index >= 15 is 0 Å². The standard InChI is InChI=1S/C20H24N2O/c1-2-21-14-15-7-5-10-17(13-15)22-20(23)19-12-6-9-16-8-3-4-11-18(16)19/h3-5,7-8,10-11,13,19,21H,2,6,9,12,14H2,1H3,(H,22,23). The lowest BCUT2D eigenvalue weighted by Gasteiger charge is -2.24. The van der Waals surface area contributed by atoms with Gasteiger partial charge in [0.15, 0.2) is 0 Å². The fraction of sp³-hybridized carbons (Fsp3) is 0.350. The van der Waals surface area contributed by atoms with Gasteiger partial charge < -0.3 is 10.6 Å². The predicted molar refractivity (Wildman–Crippen MR) is 94.6 cm³/mol. The third-order valence-electron chi connectivity index (χ3n) is 4.46. The molecular formula is C20H24N2O. The van der Waals surface area contributed by atoms with Crippen molar-refractivity contribution in [1.82, 2.24) is 5.32 Å². The van der Waals surface area contributed by atoms with Crippen molar-refractivity contribution in [2.45, 2.75) is 38.6 Å². The average Bonchev–Trinajstić information content (AvgIpc) is 2.59. The smallest absolute Gasteiger partial charge is 0.231 e. The summed E-state index contributed by atoms with van der Waals surface area (Å²) < 4.78 is 0. The van der Waals surface area contributed by atoms with Gasteiger partial charge in [-0.05, 0) is 54.6 Å². The lowest BCUT2D eigenvalue weighted by molar-refractivity contribution is -0.117. The molecular weight excluding hydrogens is 284 g/mol. The van der Waals surface area contributed by atoms with E-state index in [0.29, 0.717) is 0 Å². The number of hydrogen-bond donors (Lipinski definition) is 2. The Kier molecular flexibility index (Phi) is 5.09. The molecule has 0 bridgehead atoms. The summed E-state index contributed by atoms with van der Waals surface area (Å²) in [6, 6.07) is 16.4. The molecule has 2 aromatic rings. The van der Waals surface area contributed by atoms with Gasteiger partial charge in [0.2, 0.25) is 5.91 Å². The number of aryl methyl sites for hydroxylation is 1. The molecule has 0 aromatic heterocycles. The van der Waals surface area contributed by atoms with Crippen LogP contribution in [0.3, 0.4) is 0 Å². The molecule has 2 N–H and O–H groups in total. The summed E-state index contributed by atoms with van der Waals surface area (Å²) >= 11 is 0. The van der Waals surface area contributed by atoms with Crippen molar-refractivity contribution in [1.29, 1.82) is 0 Å². The van der Waals surface area contributed by atoms with E-state index in [1.54, 1.807) is 0 Å². The zero-order chi connectivity index (χ0) is 16.1. The largest absolute Gasteiger partial charge is 0.326 e. The summed E-state index contributed by atoms with van der Waals surface area (Å²) in [5.41, 5.74) is 4.59. The van der Waals surface area contributed by atoms with E-state index in [1.807, 2.05) is 18.2 Å². The van der Waals surface area contributed by atoms with Crippen molar-refractivity contribution in [2.24, 2.45) is 0 Å². The van der Waals surface area contributed by atoms with E-state index < -0.39 is 0 Å². The quantitative estimate of drug-likeness (QED) is 0.881. The Balaban J connectivity index is 1.73. The molecule has 0 saturated carbocycles. The van der Waals surface area contributed by atoms with Crippen molar-refractivity contribution in [3.8, 4) is 0 Å². The maximum Gasteiger partial charge on any atom is 0.231 e. The lowest BCUT2D eigenvalue weighted by Crippen LogP contribution is -2.24. The highest BCUT2D eigenvalue weighted by Crippen LogP contribution is 2.32. The summed E-state index contributed by atoms with van der Waals surface area (Å²) in [7, 11) is 0. The van der Waals surface area contributed by atoms with Gasteiger partial charge in [0.1, 0.15) is 0 Å². The van der Waals surface area contributed by atoms with E-state index in [-0.39, 0.29) is 11.8 Å². The van der Waals surface area contributed by atoms with Gasteiger partial charge in [0.05, 0.1) is 5.92 Å². The topological polar surface area (TPSA) is 41.1 Å². The highest BCUT2D eigenvalue weighted by Gasteiger charge is 2.26. The third kappa shape index (κ3) is 3.80. The van der Waals surface area contributed by atoms with Gasteiger partial charge in [-0.15, -0.1) is 0 Å². The van der Waals surface area contributed by atoms with Gasteiger partial charge in [0, 0.05) is 12.2 Å². The molecule has 0 aliphatic heterocycles. The van der Waals surface area contributed by atoms with Crippen LogP contribution in [0.15, 0.2) is 48.5 Å². The number of carbonyl (C=O) groups is 1. The molecule has 1 atom stereocenters. The molecule has 1 aliphatic rings. The molecule has 1 amide bonds. The minimum absolute atomic E-state index is 0.0302. The zero-order valence-corrected chi connectivity index (χ0v) is 13.6. The van der Waals surface area contributed by atoms with Crippen LogP contribution in [-0.2, 0) is 17.8 Å². The SMILES string of the molecule is CCNCc1cccc(NC(=O)C2CCCc3ccccc32)c1. The second-order valence-corrected chi connectivity index (χ2v) is 6.11. The van der Waals surface area contributed by atoms with Gasteiger partial charge in [-0.25, -0.2) is 0 Å². The van der Waals surface area contributed by atoms with Crippen LogP contribution in [0, 0.1) is 0 Å². The molecule has 0 heterocycles. The van der Waals surface area contributed by atoms with Crippen LogP contribution in [0.1, 0.15) is 42.4 Å². The Labute approximate surface area is 138 Å². The Hall–Kier alpha value is -2.13. The molecule has 3 rings (SSSR count). The van der Waals surface area contributed by atoms with E-state index in [4.69, 9.17) is 0 Å². The summed E-state index contributed by atoms with van der Waals surface area (Å²) in [5, 5.41) is 6.41. The van der Waals surface area contributed by atoms with E-state index in [9.17, 15) is 4.79 Å². The summed E-state index contributed by atoms with van der Waals surface area (Å²) in [4.78, 5) is 12.7. The maximum atomic E-state index is 12.7. The molecule has 0 spiro atoms. The van der Waals surface area contributed by atoms with Crippen LogP contribution in [-0.4, -0.2) is 12.5 Å².